The highest BCUT2D eigenvalue weighted by molar-refractivity contribution is 5.71. The molecule has 0 aromatic carbocycles. The van der Waals surface area contributed by atoms with E-state index in [-0.39, 0.29) is 31.1 Å². The first kappa shape index (κ1) is 56.5. The fourth-order valence-corrected chi connectivity index (χ4v) is 5.87. The molecule has 1 atom stereocenters. The molecular formula is C55H84O6. The average Bonchev–Trinajstić information content (AvgIpc) is 3.26. The predicted octanol–water partition coefficient (Wildman–Crippen LogP) is 15.5. The number of ether oxygens (including phenoxy) is 3. The quantitative estimate of drug-likeness (QED) is 0.0265. The highest BCUT2D eigenvalue weighted by Crippen LogP contribution is 2.13. The Balaban J connectivity index is 4.54. The Morgan fingerprint density at radius 3 is 0.934 bits per heavy atom. The molecule has 0 radical (unpaired) electrons. The summed E-state index contributed by atoms with van der Waals surface area (Å²) in [6, 6.07) is 0. The Morgan fingerprint density at radius 2 is 0.590 bits per heavy atom. The average molecular weight is 841 g/mol. The van der Waals surface area contributed by atoms with Gasteiger partial charge in [0.1, 0.15) is 13.2 Å². The molecule has 0 aliphatic carbocycles. The number of carbonyl (C=O) groups excluding carboxylic acids is 3. The van der Waals surface area contributed by atoms with Crippen LogP contribution in [0.25, 0.3) is 0 Å². The molecule has 0 saturated carbocycles. The summed E-state index contributed by atoms with van der Waals surface area (Å²) in [6.07, 6.45) is 67.1. The number of carbonyl (C=O) groups is 3. The second-order valence-electron chi connectivity index (χ2n) is 15.1. The van der Waals surface area contributed by atoms with Gasteiger partial charge in [-0.05, 0) is 77.0 Å². The molecule has 0 aromatic heterocycles. The highest BCUT2D eigenvalue weighted by atomic mass is 16.6. The molecule has 340 valence electrons. The van der Waals surface area contributed by atoms with E-state index in [1.807, 2.05) is 60.8 Å². The van der Waals surface area contributed by atoms with Crippen LogP contribution in [0.5, 0.6) is 0 Å². The van der Waals surface area contributed by atoms with Crippen molar-refractivity contribution < 1.29 is 28.6 Å². The molecule has 61 heavy (non-hydrogen) atoms. The Kier molecular flexibility index (Phi) is 44.7. The van der Waals surface area contributed by atoms with Crippen LogP contribution in [0.15, 0.2) is 134 Å². The van der Waals surface area contributed by atoms with Gasteiger partial charge in [0.2, 0.25) is 0 Å². The Hall–Kier alpha value is -4.45. The van der Waals surface area contributed by atoms with Crippen LogP contribution in [0.1, 0.15) is 175 Å². The van der Waals surface area contributed by atoms with Gasteiger partial charge >= 0.3 is 17.9 Å². The van der Waals surface area contributed by atoms with Crippen molar-refractivity contribution in [3.8, 4) is 0 Å². The number of hydrogen-bond donors (Lipinski definition) is 0. The first-order valence-corrected chi connectivity index (χ1v) is 23.8. The minimum atomic E-state index is -0.815. The second-order valence-corrected chi connectivity index (χ2v) is 15.1. The Bertz CT molecular complexity index is 1380. The third kappa shape index (κ3) is 46.5. The van der Waals surface area contributed by atoms with Crippen LogP contribution in [0.2, 0.25) is 0 Å². The number of esters is 3. The van der Waals surface area contributed by atoms with E-state index in [4.69, 9.17) is 14.2 Å². The first-order chi connectivity index (χ1) is 30.0. The van der Waals surface area contributed by atoms with E-state index in [1.165, 1.54) is 19.3 Å². The van der Waals surface area contributed by atoms with Crippen molar-refractivity contribution in [1.29, 1.82) is 0 Å². The summed E-state index contributed by atoms with van der Waals surface area (Å²) in [6.45, 7) is 6.13. The molecule has 6 heteroatoms. The maximum absolute atomic E-state index is 12.8. The fraction of sp³-hybridized carbons (Fsp3) is 0.545. The summed E-state index contributed by atoms with van der Waals surface area (Å²) in [5.41, 5.74) is 0. The summed E-state index contributed by atoms with van der Waals surface area (Å²) >= 11 is 0. The minimum absolute atomic E-state index is 0.114. The van der Waals surface area contributed by atoms with Crippen molar-refractivity contribution in [3.63, 3.8) is 0 Å². The minimum Gasteiger partial charge on any atom is -0.462 e. The number of allylic oxidation sites excluding steroid dienone is 22. The van der Waals surface area contributed by atoms with Crippen molar-refractivity contribution in [2.75, 3.05) is 13.2 Å². The van der Waals surface area contributed by atoms with Crippen LogP contribution >= 0.6 is 0 Å². The van der Waals surface area contributed by atoms with Gasteiger partial charge in [-0.25, -0.2) is 0 Å². The lowest BCUT2D eigenvalue weighted by atomic mass is 10.1. The highest BCUT2D eigenvalue weighted by Gasteiger charge is 2.19. The molecule has 0 fully saturated rings. The summed E-state index contributed by atoms with van der Waals surface area (Å²) in [5.74, 6) is -1.00. The van der Waals surface area contributed by atoms with Gasteiger partial charge in [0.25, 0.3) is 0 Å². The molecule has 0 rings (SSSR count). The van der Waals surface area contributed by atoms with Gasteiger partial charge in [-0.15, -0.1) is 0 Å². The van der Waals surface area contributed by atoms with E-state index < -0.39 is 6.10 Å². The Morgan fingerprint density at radius 1 is 0.328 bits per heavy atom. The van der Waals surface area contributed by atoms with Crippen molar-refractivity contribution in [2.24, 2.45) is 0 Å². The van der Waals surface area contributed by atoms with Gasteiger partial charge in [0.15, 0.2) is 6.10 Å². The van der Waals surface area contributed by atoms with Gasteiger partial charge in [0, 0.05) is 19.3 Å². The molecule has 0 saturated heterocycles. The zero-order valence-electron chi connectivity index (χ0n) is 38.6. The number of unbranched alkanes of at least 4 members (excludes halogenated alkanes) is 15. The maximum Gasteiger partial charge on any atom is 0.306 e. The predicted molar refractivity (Wildman–Crippen MR) is 260 cm³/mol. The van der Waals surface area contributed by atoms with E-state index >= 15 is 0 Å². The molecule has 0 amide bonds. The molecule has 0 heterocycles. The maximum atomic E-state index is 12.8. The van der Waals surface area contributed by atoms with E-state index in [9.17, 15) is 14.4 Å². The zero-order valence-corrected chi connectivity index (χ0v) is 38.6. The van der Waals surface area contributed by atoms with E-state index in [1.54, 1.807) is 0 Å². The second kappa shape index (κ2) is 48.2. The molecule has 0 bridgehead atoms. The lowest BCUT2D eigenvalue weighted by molar-refractivity contribution is -0.167. The zero-order chi connectivity index (χ0) is 44.4. The van der Waals surface area contributed by atoms with Gasteiger partial charge in [-0.1, -0.05) is 212 Å². The third-order valence-corrected chi connectivity index (χ3v) is 9.38. The van der Waals surface area contributed by atoms with Gasteiger partial charge in [-0.2, -0.15) is 0 Å². The topological polar surface area (TPSA) is 78.9 Å². The number of rotatable bonds is 40. The van der Waals surface area contributed by atoms with Crippen molar-refractivity contribution in [2.45, 2.75) is 181 Å². The number of hydrogen-bond acceptors (Lipinski definition) is 6. The summed E-state index contributed by atoms with van der Waals surface area (Å²) in [5, 5.41) is 0. The molecule has 1 unspecified atom stereocenters. The summed E-state index contributed by atoms with van der Waals surface area (Å²) in [7, 11) is 0. The molecule has 0 aliphatic rings. The molecular weight excluding hydrogens is 757 g/mol. The van der Waals surface area contributed by atoms with Crippen LogP contribution in [0, 0.1) is 0 Å². The van der Waals surface area contributed by atoms with Gasteiger partial charge in [0.05, 0.1) is 0 Å². The monoisotopic (exact) mass is 841 g/mol. The van der Waals surface area contributed by atoms with Crippen LogP contribution in [0.3, 0.4) is 0 Å². The van der Waals surface area contributed by atoms with Crippen LogP contribution < -0.4 is 0 Å². The molecule has 0 aliphatic heterocycles. The molecule has 0 aromatic rings. The van der Waals surface area contributed by atoms with Crippen LogP contribution in [-0.4, -0.2) is 37.2 Å². The van der Waals surface area contributed by atoms with E-state index in [0.717, 1.165) is 116 Å². The van der Waals surface area contributed by atoms with E-state index in [0.29, 0.717) is 19.3 Å². The molecule has 0 spiro atoms. The molecule has 6 nitrogen and oxygen atoms in total. The normalized spacial score (nSPS) is 13.3. The third-order valence-electron chi connectivity index (χ3n) is 9.38. The van der Waals surface area contributed by atoms with Crippen LogP contribution in [-0.2, 0) is 28.6 Å². The fourth-order valence-electron chi connectivity index (χ4n) is 5.87. The Labute approximate surface area is 373 Å². The first-order valence-electron chi connectivity index (χ1n) is 23.8. The summed E-state index contributed by atoms with van der Waals surface area (Å²) in [4.78, 5) is 37.9. The van der Waals surface area contributed by atoms with Crippen LogP contribution in [0.4, 0.5) is 0 Å². The lowest BCUT2D eigenvalue weighted by Crippen LogP contribution is -2.30. The summed E-state index contributed by atoms with van der Waals surface area (Å²) < 4.78 is 16.7. The molecule has 0 N–H and O–H groups in total. The van der Waals surface area contributed by atoms with E-state index in [2.05, 4.69) is 93.7 Å². The smallest absolute Gasteiger partial charge is 0.306 e. The SMILES string of the molecule is CC\C=C/C=C\C=C/C=C\CCCCCCCC(=O)OCC(COC(=O)CCCCC\C=C/C=C\C=C/C=C\CC)OC(=O)CCCCCCCCC\C=C/C=C\C=C/CC. The largest absolute Gasteiger partial charge is 0.462 e. The van der Waals surface area contributed by atoms with Crippen molar-refractivity contribution in [1.82, 2.24) is 0 Å². The van der Waals surface area contributed by atoms with Gasteiger partial charge < -0.3 is 14.2 Å². The van der Waals surface area contributed by atoms with Crippen molar-refractivity contribution in [3.05, 3.63) is 134 Å². The lowest BCUT2D eigenvalue weighted by Gasteiger charge is -2.18. The van der Waals surface area contributed by atoms with Gasteiger partial charge in [-0.3, -0.25) is 14.4 Å². The van der Waals surface area contributed by atoms with Crippen molar-refractivity contribution >= 4 is 17.9 Å². The standard InChI is InChI=1S/C55H84O6/c1-4-7-10-13-16-19-22-25-27-30-33-36-39-42-45-48-54(57)60-51-52(50-59-53(56)47-44-41-38-35-32-29-24-21-18-15-12-9-6-3)61-55(58)49-46-43-40-37-34-31-28-26-23-20-17-14-11-8-5-2/h7-25,27,29,32,52H,4-6,26,28,30-31,33-51H2,1-3H3/b10-7-,11-8-,12-9-,16-13-,17-14-,18-15-,22-19-,23-20-,24-21-,27-25-,32-29-.